The van der Waals surface area contributed by atoms with Gasteiger partial charge in [-0.2, -0.15) is 0 Å². The molecule has 0 aliphatic carbocycles. The maximum atomic E-state index is 12.5. The molecule has 6 heteroatoms. The summed E-state index contributed by atoms with van der Waals surface area (Å²) < 4.78 is 10.8. The number of aliphatic hydroxyl groups excluding tert-OH is 1. The second kappa shape index (κ2) is 7.42. The summed E-state index contributed by atoms with van der Waals surface area (Å²) in [6, 6.07) is 15.4. The first-order valence-electron chi connectivity index (χ1n) is 7.55. The first kappa shape index (κ1) is 17.1. The Bertz CT molecular complexity index is 904. The normalized spacial score (nSPS) is 10.5. The van der Waals surface area contributed by atoms with Crippen LogP contribution in [-0.4, -0.2) is 18.1 Å². The number of furan rings is 1. The molecule has 1 amide bonds. The zero-order valence-corrected chi connectivity index (χ0v) is 14.2. The fourth-order valence-electron chi connectivity index (χ4n) is 2.40. The van der Waals surface area contributed by atoms with Gasteiger partial charge in [-0.1, -0.05) is 17.7 Å². The Morgan fingerprint density at radius 2 is 2.04 bits per heavy atom. The smallest absolute Gasteiger partial charge is 0.255 e. The molecule has 1 heterocycles. The average Bonchev–Trinajstić information content (AvgIpc) is 3.11. The maximum absolute atomic E-state index is 12.5. The number of hydrogen-bond acceptors (Lipinski definition) is 4. The van der Waals surface area contributed by atoms with Gasteiger partial charge in [0.15, 0.2) is 0 Å². The fourth-order valence-corrected chi connectivity index (χ4v) is 2.59. The molecule has 3 rings (SSSR count). The lowest BCUT2D eigenvalue weighted by Crippen LogP contribution is -2.12. The van der Waals surface area contributed by atoms with Crippen LogP contribution in [0.3, 0.4) is 0 Å². The van der Waals surface area contributed by atoms with E-state index < -0.39 is 0 Å². The minimum absolute atomic E-state index is 0.172. The first-order chi connectivity index (χ1) is 12.1. The molecule has 5 nitrogen and oxygen atoms in total. The van der Waals surface area contributed by atoms with E-state index in [4.69, 9.17) is 25.9 Å². The highest BCUT2D eigenvalue weighted by molar-refractivity contribution is 6.31. The highest BCUT2D eigenvalue weighted by Gasteiger charge is 2.13. The van der Waals surface area contributed by atoms with Crippen LogP contribution in [0.2, 0.25) is 5.02 Å². The zero-order valence-electron chi connectivity index (χ0n) is 13.5. The molecule has 0 fully saturated rings. The SMILES string of the molecule is COc1ccc(-c2ccc(CO)o2)cc1NC(=O)c1cccc(Cl)c1. The average molecular weight is 358 g/mol. The molecular weight excluding hydrogens is 342 g/mol. The van der Waals surface area contributed by atoms with E-state index in [0.29, 0.717) is 33.5 Å². The maximum Gasteiger partial charge on any atom is 0.255 e. The molecule has 0 spiro atoms. The third-order valence-corrected chi connectivity index (χ3v) is 3.87. The molecule has 25 heavy (non-hydrogen) atoms. The summed E-state index contributed by atoms with van der Waals surface area (Å²) in [5.74, 6) is 1.28. The third-order valence-electron chi connectivity index (χ3n) is 3.64. The minimum atomic E-state index is -0.298. The van der Waals surface area contributed by atoms with Gasteiger partial charge in [0.2, 0.25) is 0 Å². The molecule has 3 aromatic rings. The Morgan fingerprint density at radius 1 is 1.20 bits per heavy atom. The number of anilines is 1. The number of rotatable bonds is 5. The van der Waals surface area contributed by atoms with Gasteiger partial charge in [0.05, 0.1) is 12.8 Å². The molecule has 0 aliphatic rings. The molecule has 0 bridgehead atoms. The molecule has 128 valence electrons. The van der Waals surface area contributed by atoms with Crippen LogP contribution in [0.15, 0.2) is 59.0 Å². The van der Waals surface area contributed by atoms with E-state index in [1.807, 2.05) is 6.07 Å². The largest absolute Gasteiger partial charge is 0.495 e. The van der Waals surface area contributed by atoms with Gasteiger partial charge in [-0.25, -0.2) is 0 Å². The van der Waals surface area contributed by atoms with Crippen molar-refractivity contribution in [1.82, 2.24) is 0 Å². The van der Waals surface area contributed by atoms with Crippen LogP contribution in [0.5, 0.6) is 5.75 Å². The molecule has 0 saturated carbocycles. The number of carbonyl (C=O) groups excluding carboxylic acids is 1. The number of hydrogen-bond donors (Lipinski definition) is 2. The summed E-state index contributed by atoms with van der Waals surface area (Å²) >= 11 is 5.93. The van der Waals surface area contributed by atoms with Gasteiger partial charge in [-0.15, -0.1) is 0 Å². The number of nitrogens with one attached hydrogen (secondary N) is 1. The molecule has 0 atom stereocenters. The standard InChI is InChI=1S/C19H16ClNO4/c1-24-18-7-5-12(17-8-6-15(11-22)25-17)10-16(18)21-19(23)13-3-2-4-14(20)9-13/h2-10,22H,11H2,1H3,(H,21,23). The monoisotopic (exact) mass is 357 g/mol. The van der Waals surface area contributed by atoms with Gasteiger partial charge in [-0.05, 0) is 48.5 Å². The summed E-state index contributed by atoms with van der Waals surface area (Å²) in [7, 11) is 1.53. The van der Waals surface area contributed by atoms with Gasteiger partial charge in [0.1, 0.15) is 23.9 Å². The highest BCUT2D eigenvalue weighted by Crippen LogP contribution is 2.32. The number of carbonyl (C=O) groups is 1. The number of ether oxygens (including phenoxy) is 1. The number of aliphatic hydroxyl groups is 1. The topological polar surface area (TPSA) is 71.7 Å². The van der Waals surface area contributed by atoms with E-state index in [2.05, 4.69) is 5.32 Å². The lowest BCUT2D eigenvalue weighted by atomic mass is 10.1. The van der Waals surface area contributed by atoms with Crippen molar-refractivity contribution in [2.75, 3.05) is 12.4 Å². The highest BCUT2D eigenvalue weighted by atomic mass is 35.5. The van der Waals surface area contributed by atoms with E-state index in [1.54, 1.807) is 48.5 Å². The van der Waals surface area contributed by atoms with Crippen LogP contribution in [0.1, 0.15) is 16.1 Å². The predicted octanol–water partition coefficient (Wildman–Crippen LogP) is 4.35. The van der Waals surface area contributed by atoms with Crippen LogP contribution >= 0.6 is 11.6 Å². The molecule has 1 aromatic heterocycles. The molecule has 0 unspecified atom stereocenters. The van der Waals surface area contributed by atoms with E-state index in [1.165, 1.54) is 7.11 Å². The van der Waals surface area contributed by atoms with Gasteiger partial charge in [0, 0.05) is 16.1 Å². The number of benzene rings is 2. The molecule has 0 saturated heterocycles. The summed E-state index contributed by atoms with van der Waals surface area (Å²) in [5, 5.41) is 12.4. The van der Waals surface area contributed by atoms with E-state index in [-0.39, 0.29) is 12.5 Å². The van der Waals surface area contributed by atoms with E-state index >= 15 is 0 Å². The predicted molar refractivity (Wildman–Crippen MR) is 96.0 cm³/mol. The van der Waals surface area contributed by atoms with Crippen molar-refractivity contribution >= 4 is 23.2 Å². The molecule has 0 radical (unpaired) electrons. The van der Waals surface area contributed by atoms with Crippen molar-refractivity contribution < 1.29 is 19.1 Å². The van der Waals surface area contributed by atoms with E-state index in [0.717, 1.165) is 5.56 Å². The van der Waals surface area contributed by atoms with Crippen molar-refractivity contribution in [3.05, 3.63) is 70.9 Å². The van der Waals surface area contributed by atoms with Crippen LogP contribution in [0.25, 0.3) is 11.3 Å². The Morgan fingerprint density at radius 3 is 2.72 bits per heavy atom. The van der Waals surface area contributed by atoms with Crippen molar-refractivity contribution in [2.45, 2.75) is 6.61 Å². The third kappa shape index (κ3) is 3.84. The Hall–Kier alpha value is -2.76. The molecular formula is C19H16ClNO4. The van der Waals surface area contributed by atoms with Crippen molar-refractivity contribution in [3.8, 4) is 17.1 Å². The van der Waals surface area contributed by atoms with Crippen LogP contribution in [0.4, 0.5) is 5.69 Å². The first-order valence-corrected chi connectivity index (χ1v) is 7.93. The lowest BCUT2D eigenvalue weighted by molar-refractivity contribution is 0.102. The van der Waals surface area contributed by atoms with Crippen molar-refractivity contribution in [2.24, 2.45) is 0 Å². The lowest BCUT2D eigenvalue weighted by Gasteiger charge is -2.12. The Labute approximate surface area is 149 Å². The quantitative estimate of drug-likeness (QED) is 0.712. The van der Waals surface area contributed by atoms with E-state index in [9.17, 15) is 4.79 Å². The van der Waals surface area contributed by atoms with Crippen LogP contribution in [0, 0.1) is 0 Å². The minimum Gasteiger partial charge on any atom is -0.495 e. The van der Waals surface area contributed by atoms with Gasteiger partial charge >= 0.3 is 0 Å². The number of halogens is 1. The fraction of sp³-hybridized carbons (Fsp3) is 0.105. The second-order valence-electron chi connectivity index (χ2n) is 5.30. The molecule has 2 N–H and O–H groups in total. The molecule has 2 aromatic carbocycles. The Kier molecular flexibility index (Phi) is 5.07. The summed E-state index contributed by atoms with van der Waals surface area (Å²) in [6.07, 6.45) is 0. The Balaban J connectivity index is 1.91. The van der Waals surface area contributed by atoms with Crippen LogP contribution < -0.4 is 10.1 Å². The van der Waals surface area contributed by atoms with Crippen molar-refractivity contribution in [3.63, 3.8) is 0 Å². The number of amides is 1. The summed E-state index contributed by atoms with van der Waals surface area (Å²) in [4.78, 5) is 12.5. The van der Waals surface area contributed by atoms with Gasteiger partial charge < -0.3 is 19.6 Å². The van der Waals surface area contributed by atoms with Crippen molar-refractivity contribution in [1.29, 1.82) is 0 Å². The number of methoxy groups -OCH3 is 1. The zero-order chi connectivity index (χ0) is 17.8. The van der Waals surface area contributed by atoms with Crippen LogP contribution in [-0.2, 0) is 6.61 Å². The molecule has 0 aliphatic heterocycles. The van der Waals surface area contributed by atoms with Gasteiger partial charge in [-0.3, -0.25) is 4.79 Å². The summed E-state index contributed by atoms with van der Waals surface area (Å²) in [5.41, 5.74) is 1.70. The second-order valence-corrected chi connectivity index (χ2v) is 5.74. The van der Waals surface area contributed by atoms with Gasteiger partial charge in [0.25, 0.3) is 5.91 Å². The summed E-state index contributed by atoms with van der Waals surface area (Å²) in [6.45, 7) is -0.172.